The topological polar surface area (TPSA) is 68.4 Å². The quantitative estimate of drug-likeness (QED) is 0.328. The predicted octanol–water partition coefficient (Wildman–Crippen LogP) is 4.38. The molecule has 3 aromatic rings. The van der Waals surface area contributed by atoms with Crippen LogP contribution in [0.15, 0.2) is 91.0 Å². The molecule has 6 rings (SSSR count). The van der Waals surface area contributed by atoms with E-state index in [4.69, 9.17) is 14.2 Å². The van der Waals surface area contributed by atoms with Gasteiger partial charge >= 0.3 is 11.9 Å². The summed E-state index contributed by atoms with van der Waals surface area (Å²) in [5, 5.41) is 0. The van der Waals surface area contributed by atoms with Gasteiger partial charge in [-0.2, -0.15) is 0 Å². The summed E-state index contributed by atoms with van der Waals surface area (Å²) in [5.41, 5.74) is -1.55. The summed E-state index contributed by atoms with van der Waals surface area (Å²) in [6.45, 7) is -0.332. The van der Waals surface area contributed by atoms with Crippen molar-refractivity contribution in [2.24, 2.45) is 0 Å². The number of hydrogen-bond donors (Lipinski definition) is 0. The van der Waals surface area contributed by atoms with E-state index in [0.717, 1.165) is 0 Å². The van der Waals surface area contributed by atoms with Crippen molar-refractivity contribution in [3.05, 3.63) is 108 Å². The van der Waals surface area contributed by atoms with E-state index in [9.17, 15) is 9.59 Å². The number of rotatable bonds is 8. The Balaban J connectivity index is 1.21. The van der Waals surface area contributed by atoms with Gasteiger partial charge in [-0.15, -0.1) is 0 Å². The largest absolute Gasteiger partial charge is 0.462 e. The molecule has 0 radical (unpaired) electrons. The minimum atomic E-state index is -2.53. The van der Waals surface area contributed by atoms with Gasteiger partial charge in [-0.3, -0.25) is 9.69 Å². The van der Waals surface area contributed by atoms with Crippen molar-refractivity contribution in [3.8, 4) is 0 Å². The third kappa shape index (κ3) is 4.40. The van der Waals surface area contributed by atoms with Crippen LogP contribution in [0.3, 0.4) is 0 Å². The summed E-state index contributed by atoms with van der Waals surface area (Å²) < 4.78 is 34.0. The number of benzene rings is 3. The Morgan fingerprint density at radius 2 is 1.39 bits per heavy atom. The van der Waals surface area contributed by atoms with Gasteiger partial charge in [-0.1, -0.05) is 91.0 Å². The SMILES string of the molecule is CN1C2CC(OC(=O)C(COC(=O)C(F)(c3ccccc3)c3ccccc3)c3ccccc3)CC1[C@@H]1O[C@H]21. The molecular formula is C31H30FNO5. The van der Waals surface area contributed by atoms with Crippen LogP contribution in [0, 0.1) is 0 Å². The zero-order valence-corrected chi connectivity index (χ0v) is 21.1. The first-order valence-electron chi connectivity index (χ1n) is 13.1. The number of fused-ring (bicyclic) bond motifs is 5. The normalized spacial score (nSPS) is 26.7. The van der Waals surface area contributed by atoms with Gasteiger partial charge in [0.15, 0.2) is 0 Å². The van der Waals surface area contributed by atoms with Crippen LogP contribution in [0.5, 0.6) is 0 Å². The van der Waals surface area contributed by atoms with Crippen LogP contribution >= 0.6 is 0 Å². The molecule has 38 heavy (non-hydrogen) atoms. The van der Waals surface area contributed by atoms with Crippen LogP contribution in [-0.2, 0) is 29.5 Å². The van der Waals surface area contributed by atoms with Crippen LogP contribution in [0.25, 0.3) is 0 Å². The first kappa shape index (κ1) is 24.8. The molecule has 3 heterocycles. The molecule has 0 amide bonds. The van der Waals surface area contributed by atoms with Crippen molar-refractivity contribution in [2.45, 2.75) is 54.8 Å². The monoisotopic (exact) mass is 515 g/mol. The van der Waals surface area contributed by atoms with Crippen molar-refractivity contribution in [1.29, 1.82) is 0 Å². The maximum atomic E-state index is 16.6. The van der Waals surface area contributed by atoms with Crippen molar-refractivity contribution in [2.75, 3.05) is 13.7 Å². The van der Waals surface area contributed by atoms with Gasteiger partial charge in [0.2, 0.25) is 0 Å². The predicted molar refractivity (Wildman–Crippen MR) is 138 cm³/mol. The van der Waals surface area contributed by atoms with Gasteiger partial charge in [-0.05, 0) is 12.6 Å². The molecule has 3 fully saturated rings. The number of likely N-dealkylation sites (N-methyl/N-ethyl adjacent to an activating group) is 1. The Hall–Kier alpha value is -3.55. The number of carbonyl (C=O) groups excluding carboxylic acids is 2. The molecule has 0 N–H and O–H groups in total. The van der Waals surface area contributed by atoms with E-state index in [-0.39, 0.29) is 48.1 Å². The highest BCUT2D eigenvalue weighted by molar-refractivity contribution is 5.86. The lowest BCUT2D eigenvalue weighted by atomic mass is 9.88. The fraction of sp³-hybridized carbons (Fsp3) is 0.355. The third-order valence-corrected chi connectivity index (χ3v) is 8.15. The van der Waals surface area contributed by atoms with Crippen molar-refractivity contribution in [1.82, 2.24) is 4.90 Å². The van der Waals surface area contributed by atoms with Crippen LogP contribution in [-0.4, -0.2) is 60.9 Å². The highest BCUT2D eigenvalue weighted by atomic mass is 19.1. The average molecular weight is 516 g/mol. The van der Waals surface area contributed by atoms with E-state index in [1.54, 1.807) is 72.8 Å². The molecule has 196 valence electrons. The molecule has 0 aromatic heterocycles. The molecule has 2 bridgehead atoms. The van der Waals surface area contributed by atoms with Crippen LogP contribution < -0.4 is 0 Å². The number of alkyl halides is 1. The summed E-state index contributed by atoms with van der Waals surface area (Å²) in [4.78, 5) is 29.2. The summed E-state index contributed by atoms with van der Waals surface area (Å²) in [6, 6.07) is 26.0. The van der Waals surface area contributed by atoms with Crippen LogP contribution in [0.2, 0.25) is 0 Å². The molecule has 4 unspecified atom stereocenters. The van der Waals surface area contributed by atoms with E-state index in [1.807, 2.05) is 18.2 Å². The van der Waals surface area contributed by atoms with Gasteiger partial charge < -0.3 is 14.2 Å². The maximum Gasteiger partial charge on any atom is 0.353 e. The lowest BCUT2D eigenvalue weighted by Crippen LogP contribution is -2.48. The fourth-order valence-electron chi connectivity index (χ4n) is 6.03. The number of carbonyl (C=O) groups is 2. The number of esters is 2. The second kappa shape index (κ2) is 9.97. The van der Waals surface area contributed by atoms with Crippen molar-refractivity contribution >= 4 is 11.9 Å². The Bertz CT molecular complexity index is 1230. The highest BCUT2D eigenvalue weighted by Gasteiger charge is 2.63. The number of piperidine rings is 1. The second-order valence-electron chi connectivity index (χ2n) is 10.3. The molecule has 6 atom stereocenters. The molecule has 0 aliphatic carbocycles. The number of hydrogen-bond acceptors (Lipinski definition) is 6. The Kier molecular flexibility index (Phi) is 6.50. The molecule has 6 nitrogen and oxygen atoms in total. The summed E-state index contributed by atoms with van der Waals surface area (Å²) in [6.07, 6.45) is 1.63. The molecule has 3 aliphatic heterocycles. The molecule has 3 aliphatic rings. The molecule has 0 saturated carbocycles. The number of halogens is 1. The molecule has 7 heteroatoms. The molecular weight excluding hydrogens is 485 g/mol. The Morgan fingerprint density at radius 1 is 0.895 bits per heavy atom. The average Bonchev–Trinajstić information content (AvgIpc) is 3.72. The van der Waals surface area contributed by atoms with Gasteiger partial charge in [0.25, 0.3) is 5.67 Å². The minimum Gasteiger partial charge on any atom is -0.462 e. The molecule has 3 aromatic carbocycles. The van der Waals surface area contributed by atoms with E-state index < -0.39 is 23.5 Å². The van der Waals surface area contributed by atoms with Crippen LogP contribution in [0.4, 0.5) is 4.39 Å². The zero-order chi connectivity index (χ0) is 26.3. The summed E-state index contributed by atoms with van der Waals surface area (Å²) in [5.74, 6) is -2.42. The van der Waals surface area contributed by atoms with Crippen molar-refractivity contribution in [3.63, 3.8) is 0 Å². The number of ether oxygens (including phenoxy) is 3. The summed E-state index contributed by atoms with van der Waals surface area (Å²) in [7, 11) is 2.10. The Labute approximate surface area is 221 Å². The molecule has 3 saturated heterocycles. The van der Waals surface area contributed by atoms with E-state index in [1.165, 1.54) is 0 Å². The number of nitrogens with zero attached hydrogens (tertiary/aromatic N) is 1. The second-order valence-corrected chi connectivity index (χ2v) is 10.3. The maximum absolute atomic E-state index is 16.6. The first-order chi connectivity index (χ1) is 18.5. The summed E-state index contributed by atoms with van der Waals surface area (Å²) >= 11 is 0. The molecule has 0 spiro atoms. The first-order valence-corrected chi connectivity index (χ1v) is 13.1. The smallest absolute Gasteiger partial charge is 0.353 e. The van der Waals surface area contributed by atoms with E-state index >= 15 is 4.39 Å². The van der Waals surface area contributed by atoms with Gasteiger partial charge in [-0.25, -0.2) is 9.18 Å². The van der Waals surface area contributed by atoms with E-state index in [0.29, 0.717) is 18.4 Å². The minimum absolute atomic E-state index is 0.164. The highest BCUT2D eigenvalue weighted by Crippen LogP contribution is 2.48. The van der Waals surface area contributed by atoms with Crippen LogP contribution in [0.1, 0.15) is 35.4 Å². The fourth-order valence-corrected chi connectivity index (χ4v) is 6.03. The van der Waals surface area contributed by atoms with Gasteiger partial charge in [0, 0.05) is 36.1 Å². The van der Waals surface area contributed by atoms with E-state index in [2.05, 4.69) is 11.9 Å². The number of morpholine rings is 1. The third-order valence-electron chi connectivity index (χ3n) is 8.15. The zero-order valence-electron chi connectivity index (χ0n) is 21.1. The van der Waals surface area contributed by atoms with Crippen molar-refractivity contribution < 1.29 is 28.2 Å². The number of epoxide rings is 1. The Morgan fingerprint density at radius 3 is 1.92 bits per heavy atom. The lowest BCUT2D eigenvalue weighted by molar-refractivity contribution is -0.162. The van der Waals surface area contributed by atoms with Gasteiger partial charge in [0.05, 0.1) is 0 Å². The standard InChI is InChI=1S/C31H30FNO5/c1-33-25-17-23(18-26(33)28-27(25)38-28)37-29(34)24(20-11-5-2-6-12-20)19-36-30(35)31(32,21-13-7-3-8-14-21)22-15-9-4-10-16-22/h2-16,23-28H,17-19H2,1H3/t23?,24?,25?,26?,27-,28+. The lowest BCUT2D eigenvalue weighted by Gasteiger charge is -2.38. The van der Waals surface area contributed by atoms with Gasteiger partial charge in [0.1, 0.15) is 30.8 Å².